The first-order valence-electron chi connectivity index (χ1n) is 9.26. The molecule has 7 heteroatoms. The molecule has 0 spiro atoms. The largest absolute Gasteiger partial charge is 0.493 e. The summed E-state index contributed by atoms with van der Waals surface area (Å²) in [5.74, 6) is -0.437. The number of nitrogens with zero attached hydrogens (tertiary/aromatic N) is 2. The molecule has 3 rings (SSSR count). The number of carbonyl (C=O) groups is 2. The molecule has 0 saturated carbocycles. The average Bonchev–Trinajstić information content (AvgIpc) is 2.67. The van der Waals surface area contributed by atoms with Crippen LogP contribution in [0.25, 0.3) is 0 Å². The molecule has 2 amide bonds. The third kappa shape index (κ3) is 4.65. The summed E-state index contributed by atoms with van der Waals surface area (Å²) >= 11 is 0. The molecule has 1 aromatic carbocycles. The van der Waals surface area contributed by atoms with E-state index in [9.17, 15) is 14.0 Å². The number of primary amides is 1. The maximum Gasteiger partial charge on any atom is 0.272 e. The van der Waals surface area contributed by atoms with E-state index in [1.54, 1.807) is 17.2 Å². The minimum absolute atomic E-state index is 0.110. The molecule has 1 aromatic heterocycles. The average molecular weight is 385 g/mol. The van der Waals surface area contributed by atoms with Crippen LogP contribution in [-0.4, -0.2) is 41.4 Å². The van der Waals surface area contributed by atoms with Gasteiger partial charge in [-0.3, -0.25) is 14.6 Å². The van der Waals surface area contributed by atoms with Gasteiger partial charge in [-0.15, -0.1) is 0 Å². The summed E-state index contributed by atoms with van der Waals surface area (Å²) in [6.07, 6.45) is 3.15. The number of carbonyl (C=O) groups excluding carboxylic acids is 2. The van der Waals surface area contributed by atoms with Gasteiger partial charge in [0.1, 0.15) is 17.3 Å². The number of likely N-dealkylation sites (tertiary alicyclic amines) is 1. The van der Waals surface area contributed by atoms with Gasteiger partial charge in [-0.25, -0.2) is 4.39 Å². The van der Waals surface area contributed by atoms with Gasteiger partial charge in [0.05, 0.1) is 6.61 Å². The summed E-state index contributed by atoms with van der Waals surface area (Å²) in [5, 5.41) is 0. The summed E-state index contributed by atoms with van der Waals surface area (Å²) in [7, 11) is 0. The Hall–Kier alpha value is -2.96. The molecule has 1 aliphatic rings. The fourth-order valence-electron chi connectivity index (χ4n) is 3.69. The summed E-state index contributed by atoms with van der Waals surface area (Å²) in [5.41, 5.74) is 6.13. The Kier molecular flexibility index (Phi) is 5.92. The molecule has 2 heterocycles. The topological polar surface area (TPSA) is 85.5 Å². The molecule has 1 fully saturated rings. The number of nitrogens with two attached hydrogens (primary N) is 1. The third-order valence-corrected chi connectivity index (χ3v) is 5.07. The van der Waals surface area contributed by atoms with E-state index < -0.39 is 11.3 Å². The van der Waals surface area contributed by atoms with E-state index in [0.29, 0.717) is 31.0 Å². The second kappa shape index (κ2) is 8.37. The molecular weight excluding hydrogens is 361 g/mol. The van der Waals surface area contributed by atoms with Crippen LogP contribution < -0.4 is 10.5 Å². The number of halogens is 1. The van der Waals surface area contributed by atoms with Crippen LogP contribution in [0.15, 0.2) is 42.6 Å². The predicted octanol–water partition coefficient (Wildman–Crippen LogP) is 2.71. The Balaban J connectivity index is 1.77. The number of piperidine rings is 1. The maximum absolute atomic E-state index is 13.1. The molecule has 1 aliphatic heterocycles. The van der Waals surface area contributed by atoms with E-state index in [-0.39, 0.29) is 24.8 Å². The van der Waals surface area contributed by atoms with Gasteiger partial charge in [-0.05, 0) is 55.7 Å². The van der Waals surface area contributed by atoms with Crippen molar-refractivity contribution in [3.63, 3.8) is 0 Å². The van der Waals surface area contributed by atoms with Crippen molar-refractivity contribution in [2.75, 3.05) is 19.7 Å². The highest BCUT2D eigenvalue weighted by molar-refractivity contribution is 5.93. The second-order valence-corrected chi connectivity index (χ2v) is 7.38. The van der Waals surface area contributed by atoms with E-state index in [1.165, 1.54) is 24.3 Å². The first kappa shape index (κ1) is 19.8. The monoisotopic (exact) mass is 385 g/mol. The molecule has 2 N–H and O–H groups in total. The van der Waals surface area contributed by atoms with E-state index in [1.807, 2.05) is 13.0 Å². The molecule has 0 aliphatic carbocycles. The van der Waals surface area contributed by atoms with Crippen molar-refractivity contribution < 1.29 is 18.7 Å². The van der Waals surface area contributed by atoms with Gasteiger partial charge in [0, 0.05) is 31.1 Å². The van der Waals surface area contributed by atoms with E-state index in [0.717, 1.165) is 12.0 Å². The number of benzene rings is 1. The lowest BCUT2D eigenvalue weighted by atomic mass is 9.77. The number of hydrogen-bond acceptors (Lipinski definition) is 4. The van der Waals surface area contributed by atoms with Gasteiger partial charge in [0.25, 0.3) is 5.91 Å². The maximum atomic E-state index is 13.1. The molecular formula is C21H24FN3O3. The van der Waals surface area contributed by atoms with Crippen molar-refractivity contribution in [2.24, 2.45) is 11.1 Å². The Morgan fingerprint density at radius 1 is 1.29 bits per heavy atom. The van der Waals surface area contributed by atoms with E-state index >= 15 is 0 Å². The summed E-state index contributed by atoms with van der Waals surface area (Å²) < 4.78 is 18.9. The van der Waals surface area contributed by atoms with Crippen LogP contribution in [0.1, 0.15) is 35.3 Å². The van der Waals surface area contributed by atoms with Crippen LogP contribution in [-0.2, 0) is 4.79 Å². The normalized spacial score (nSPS) is 19.3. The van der Waals surface area contributed by atoms with Gasteiger partial charge in [-0.1, -0.05) is 6.07 Å². The molecule has 1 atom stereocenters. The van der Waals surface area contributed by atoms with Crippen LogP contribution in [0.2, 0.25) is 0 Å². The molecule has 28 heavy (non-hydrogen) atoms. The first-order chi connectivity index (χ1) is 13.4. The lowest BCUT2D eigenvalue weighted by Gasteiger charge is -2.42. The number of rotatable bonds is 6. The zero-order chi connectivity index (χ0) is 20.1. The van der Waals surface area contributed by atoms with Gasteiger partial charge in [0.2, 0.25) is 5.91 Å². The zero-order valence-electron chi connectivity index (χ0n) is 15.9. The van der Waals surface area contributed by atoms with Crippen LogP contribution in [0, 0.1) is 18.2 Å². The number of pyridine rings is 1. The molecule has 0 bridgehead atoms. The van der Waals surface area contributed by atoms with Crippen molar-refractivity contribution in [1.82, 2.24) is 9.88 Å². The number of aromatic nitrogens is 1. The molecule has 148 valence electrons. The van der Waals surface area contributed by atoms with Gasteiger partial charge < -0.3 is 15.4 Å². The van der Waals surface area contributed by atoms with Gasteiger partial charge in [-0.2, -0.15) is 0 Å². The predicted molar refractivity (Wildman–Crippen MR) is 102 cm³/mol. The minimum atomic E-state index is -0.586. The van der Waals surface area contributed by atoms with Crippen molar-refractivity contribution in [3.8, 4) is 5.75 Å². The van der Waals surface area contributed by atoms with Crippen molar-refractivity contribution in [2.45, 2.75) is 26.2 Å². The third-order valence-electron chi connectivity index (χ3n) is 5.07. The number of hydrogen-bond donors (Lipinski definition) is 1. The van der Waals surface area contributed by atoms with Crippen LogP contribution in [0.4, 0.5) is 4.39 Å². The quantitative estimate of drug-likeness (QED) is 0.828. The Bertz CT molecular complexity index is 856. The lowest BCUT2D eigenvalue weighted by Crippen LogP contribution is -2.50. The van der Waals surface area contributed by atoms with Crippen molar-refractivity contribution in [1.29, 1.82) is 0 Å². The van der Waals surface area contributed by atoms with Crippen LogP contribution >= 0.6 is 0 Å². The minimum Gasteiger partial charge on any atom is -0.493 e. The Labute approximate surface area is 163 Å². The first-order valence-corrected chi connectivity index (χ1v) is 9.26. The fraction of sp³-hybridized carbons (Fsp3) is 0.381. The zero-order valence-corrected chi connectivity index (χ0v) is 15.9. The number of amides is 2. The number of ether oxygens (including phenoxy) is 1. The second-order valence-electron chi connectivity index (χ2n) is 7.38. The molecule has 6 nitrogen and oxygen atoms in total. The van der Waals surface area contributed by atoms with E-state index in [4.69, 9.17) is 10.5 Å². The summed E-state index contributed by atoms with van der Waals surface area (Å²) in [6, 6.07) is 9.34. The van der Waals surface area contributed by atoms with Crippen molar-refractivity contribution >= 4 is 11.8 Å². The summed E-state index contributed by atoms with van der Waals surface area (Å²) in [6.45, 7) is 3.00. The van der Waals surface area contributed by atoms with E-state index in [2.05, 4.69) is 4.98 Å². The molecule has 0 radical (unpaired) electrons. The lowest BCUT2D eigenvalue weighted by molar-refractivity contribution is -0.122. The smallest absolute Gasteiger partial charge is 0.272 e. The highest BCUT2D eigenvalue weighted by Gasteiger charge is 2.40. The summed E-state index contributed by atoms with van der Waals surface area (Å²) in [4.78, 5) is 30.6. The van der Waals surface area contributed by atoms with Gasteiger partial charge in [0.15, 0.2) is 0 Å². The number of aryl methyl sites for hydroxylation is 1. The molecule has 2 aromatic rings. The molecule has 1 unspecified atom stereocenters. The van der Waals surface area contributed by atoms with Crippen molar-refractivity contribution in [3.05, 3.63) is 59.7 Å². The van der Waals surface area contributed by atoms with Gasteiger partial charge >= 0.3 is 0 Å². The molecule has 1 saturated heterocycles. The Morgan fingerprint density at radius 3 is 2.71 bits per heavy atom. The van der Waals surface area contributed by atoms with Crippen LogP contribution in [0.5, 0.6) is 5.75 Å². The standard InChI is InChI=1S/C21H24FN3O3/c1-15-4-2-10-24-19(15)20(27)25-11-3-9-21(13-25,12-18(23)26)14-28-17-7-5-16(22)6-8-17/h2,4-8,10H,3,9,11-14H2,1H3,(H2,23,26). The fourth-order valence-corrected chi connectivity index (χ4v) is 3.69. The Morgan fingerprint density at radius 2 is 2.04 bits per heavy atom. The van der Waals surface area contributed by atoms with Crippen LogP contribution in [0.3, 0.4) is 0 Å². The highest BCUT2D eigenvalue weighted by atomic mass is 19.1. The SMILES string of the molecule is Cc1cccnc1C(=O)N1CCCC(COc2ccc(F)cc2)(CC(N)=O)C1. The highest BCUT2D eigenvalue weighted by Crippen LogP contribution is 2.35.